The molecule has 1 amide bonds. The number of hydrogen-bond donors (Lipinski definition) is 1. The number of halogens is 6. The van der Waals surface area contributed by atoms with Gasteiger partial charge in [0.25, 0.3) is 11.6 Å². The highest BCUT2D eigenvalue weighted by molar-refractivity contribution is 5.89. The first-order valence-corrected chi connectivity index (χ1v) is 6.53. The minimum absolute atomic E-state index is 0.0777. The molecule has 12 heteroatoms. The van der Waals surface area contributed by atoms with Crippen LogP contribution >= 0.6 is 0 Å². The molecule has 6 nitrogen and oxygen atoms in total. The molecule has 0 unspecified atom stereocenters. The SMILES string of the molecule is CC1=NN(C(=O)Cn2nc(C(F)(F)F)cc2C)[C@](O)(C(F)(F)F)C1. The van der Waals surface area contributed by atoms with Crippen molar-refractivity contribution in [3.8, 4) is 0 Å². The van der Waals surface area contributed by atoms with Crippen LogP contribution in [0.5, 0.6) is 0 Å². The lowest BCUT2D eigenvalue weighted by Crippen LogP contribution is -2.57. The summed E-state index contributed by atoms with van der Waals surface area (Å²) < 4.78 is 77.4. The van der Waals surface area contributed by atoms with E-state index in [0.29, 0.717) is 10.7 Å². The van der Waals surface area contributed by atoms with E-state index in [-0.39, 0.29) is 16.4 Å². The van der Waals surface area contributed by atoms with Gasteiger partial charge < -0.3 is 5.11 Å². The molecular formula is C12H12F6N4O2. The number of amides is 1. The Morgan fingerprint density at radius 2 is 1.88 bits per heavy atom. The van der Waals surface area contributed by atoms with Crippen LogP contribution in [0.1, 0.15) is 24.7 Å². The molecule has 0 fully saturated rings. The van der Waals surface area contributed by atoms with E-state index in [1.807, 2.05) is 0 Å². The van der Waals surface area contributed by atoms with Crippen molar-refractivity contribution < 1.29 is 36.2 Å². The molecular weight excluding hydrogens is 346 g/mol. The molecule has 24 heavy (non-hydrogen) atoms. The van der Waals surface area contributed by atoms with Crippen molar-refractivity contribution in [2.24, 2.45) is 5.10 Å². The Labute approximate surface area is 131 Å². The first-order valence-electron chi connectivity index (χ1n) is 6.53. The quantitative estimate of drug-likeness (QED) is 0.823. The van der Waals surface area contributed by atoms with E-state index in [9.17, 15) is 36.2 Å². The van der Waals surface area contributed by atoms with Gasteiger partial charge in [0.05, 0.1) is 0 Å². The number of alkyl halides is 6. The van der Waals surface area contributed by atoms with E-state index in [2.05, 4.69) is 10.2 Å². The van der Waals surface area contributed by atoms with Crippen molar-refractivity contribution in [2.45, 2.75) is 44.9 Å². The molecule has 1 aromatic rings. The molecule has 2 rings (SSSR count). The zero-order chi connectivity index (χ0) is 18.5. The maximum Gasteiger partial charge on any atom is 0.438 e. The van der Waals surface area contributed by atoms with Crippen LogP contribution in [0.4, 0.5) is 26.3 Å². The summed E-state index contributed by atoms with van der Waals surface area (Å²) in [6.07, 6.45) is -10.9. The summed E-state index contributed by atoms with van der Waals surface area (Å²) in [6.45, 7) is 1.46. The molecule has 1 aliphatic heterocycles. The Bertz CT molecular complexity index is 693. The lowest BCUT2D eigenvalue weighted by molar-refractivity contribution is -0.302. The fraction of sp³-hybridized carbons (Fsp3) is 0.583. The molecule has 134 valence electrons. The van der Waals surface area contributed by atoms with Crippen LogP contribution in [-0.4, -0.2) is 43.4 Å². The minimum Gasteiger partial charge on any atom is -0.362 e. The lowest BCUT2D eigenvalue weighted by atomic mass is 10.1. The van der Waals surface area contributed by atoms with Gasteiger partial charge in [0.1, 0.15) is 6.54 Å². The van der Waals surface area contributed by atoms with Crippen molar-refractivity contribution in [3.63, 3.8) is 0 Å². The Morgan fingerprint density at radius 3 is 2.33 bits per heavy atom. The normalized spacial score (nSPS) is 22.0. The lowest BCUT2D eigenvalue weighted by Gasteiger charge is -2.32. The van der Waals surface area contributed by atoms with Crippen LogP contribution in [0.15, 0.2) is 11.2 Å². The highest BCUT2D eigenvalue weighted by atomic mass is 19.4. The third-order valence-corrected chi connectivity index (χ3v) is 3.37. The Balaban J connectivity index is 2.28. The van der Waals surface area contributed by atoms with Gasteiger partial charge in [-0.2, -0.15) is 41.6 Å². The van der Waals surface area contributed by atoms with E-state index in [0.717, 1.165) is 0 Å². The van der Waals surface area contributed by atoms with Crippen LogP contribution in [0.2, 0.25) is 0 Å². The zero-order valence-electron chi connectivity index (χ0n) is 12.4. The maximum absolute atomic E-state index is 13.0. The molecule has 0 spiro atoms. The zero-order valence-corrected chi connectivity index (χ0v) is 12.4. The van der Waals surface area contributed by atoms with E-state index < -0.39 is 42.6 Å². The highest BCUT2D eigenvalue weighted by Crippen LogP contribution is 2.40. The standard InChI is InChI=1S/C12H12F6N4O2/c1-6-4-10(24,12(16,17)18)22(19-6)9(23)5-21-7(2)3-8(20-21)11(13,14)15/h3,24H,4-5H2,1-2H3/t10-/m1/s1. The number of hydrazone groups is 1. The molecule has 1 aromatic heterocycles. The Hall–Kier alpha value is -2.11. The van der Waals surface area contributed by atoms with Gasteiger partial charge in [0, 0.05) is 17.8 Å². The summed E-state index contributed by atoms with van der Waals surface area (Å²) >= 11 is 0. The number of nitrogens with zero attached hydrogens (tertiary/aromatic N) is 4. The summed E-state index contributed by atoms with van der Waals surface area (Å²) in [5.41, 5.74) is -5.02. The first-order chi connectivity index (χ1) is 10.8. The third kappa shape index (κ3) is 3.09. The van der Waals surface area contributed by atoms with Crippen LogP contribution in [0.3, 0.4) is 0 Å². The summed E-state index contributed by atoms with van der Waals surface area (Å²) in [4.78, 5) is 12.1. The number of aromatic nitrogens is 2. The van der Waals surface area contributed by atoms with Crippen LogP contribution < -0.4 is 0 Å². The molecule has 1 N–H and O–H groups in total. The van der Waals surface area contributed by atoms with Crippen LogP contribution in [0.25, 0.3) is 0 Å². The van der Waals surface area contributed by atoms with Gasteiger partial charge in [0.2, 0.25) is 0 Å². The smallest absolute Gasteiger partial charge is 0.362 e. The van der Waals surface area contributed by atoms with Gasteiger partial charge in [-0.15, -0.1) is 0 Å². The maximum atomic E-state index is 13.0. The molecule has 0 aromatic carbocycles. The van der Waals surface area contributed by atoms with Crippen LogP contribution in [0, 0.1) is 6.92 Å². The Kier molecular flexibility index (Phi) is 4.15. The van der Waals surface area contributed by atoms with E-state index in [1.54, 1.807) is 0 Å². The number of aliphatic hydroxyl groups is 1. The van der Waals surface area contributed by atoms with Gasteiger partial charge in [-0.1, -0.05) is 0 Å². The summed E-state index contributed by atoms with van der Waals surface area (Å²) in [5, 5.41) is 16.1. The van der Waals surface area contributed by atoms with E-state index >= 15 is 0 Å². The molecule has 0 saturated heterocycles. The molecule has 2 heterocycles. The second-order valence-corrected chi connectivity index (χ2v) is 5.36. The second kappa shape index (κ2) is 5.46. The molecule has 1 aliphatic rings. The van der Waals surface area contributed by atoms with Gasteiger partial charge >= 0.3 is 12.4 Å². The number of rotatable bonds is 2. The Morgan fingerprint density at radius 1 is 1.29 bits per heavy atom. The van der Waals surface area contributed by atoms with E-state index in [4.69, 9.17) is 0 Å². The molecule has 0 radical (unpaired) electrons. The minimum atomic E-state index is -5.18. The fourth-order valence-corrected chi connectivity index (χ4v) is 2.21. The van der Waals surface area contributed by atoms with Gasteiger partial charge in [-0.25, -0.2) is 0 Å². The van der Waals surface area contributed by atoms with Crippen molar-refractivity contribution in [1.82, 2.24) is 14.8 Å². The van der Waals surface area contributed by atoms with Crippen molar-refractivity contribution in [2.75, 3.05) is 0 Å². The van der Waals surface area contributed by atoms with Gasteiger partial charge in [-0.3, -0.25) is 9.48 Å². The highest BCUT2D eigenvalue weighted by Gasteiger charge is 2.62. The second-order valence-electron chi connectivity index (χ2n) is 5.36. The third-order valence-electron chi connectivity index (χ3n) is 3.37. The van der Waals surface area contributed by atoms with Gasteiger partial charge in [0.15, 0.2) is 5.69 Å². The average Bonchev–Trinajstić information content (AvgIpc) is 2.90. The number of hydrogen-bond acceptors (Lipinski definition) is 4. The number of aryl methyl sites for hydroxylation is 1. The number of carbonyl (C=O) groups is 1. The topological polar surface area (TPSA) is 70.7 Å². The van der Waals surface area contributed by atoms with Crippen molar-refractivity contribution >= 4 is 11.6 Å². The van der Waals surface area contributed by atoms with Crippen molar-refractivity contribution in [3.05, 3.63) is 17.5 Å². The van der Waals surface area contributed by atoms with Crippen LogP contribution in [-0.2, 0) is 17.5 Å². The average molecular weight is 358 g/mol. The molecule has 0 bridgehead atoms. The summed E-state index contributed by atoms with van der Waals surface area (Å²) in [5.74, 6) is -1.34. The van der Waals surface area contributed by atoms with E-state index in [1.165, 1.54) is 13.8 Å². The fourth-order valence-electron chi connectivity index (χ4n) is 2.21. The molecule has 0 saturated carbocycles. The van der Waals surface area contributed by atoms with Gasteiger partial charge in [-0.05, 0) is 19.9 Å². The molecule has 1 atom stereocenters. The predicted molar refractivity (Wildman–Crippen MR) is 67.5 cm³/mol. The number of carbonyl (C=O) groups excluding carboxylic acids is 1. The summed E-state index contributed by atoms with van der Waals surface area (Å²) in [7, 11) is 0. The summed E-state index contributed by atoms with van der Waals surface area (Å²) in [6, 6.07) is 0.654. The predicted octanol–water partition coefficient (Wildman–Crippen LogP) is 2.07. The molecule has 0 aliphatic carbocycles. The first kappa shape index (κ1) is 18.2. The largest absolute Gasteiger partial charge is 0.438 e. The monoisotopic (exact) mass is 358 g/mol. The van der Waals surface area contributed by atoms with Crippen molar-refractivity contribution in [1.29, 1.82) is 0 Å².